The van der Waals surface area contributed by atoms with E-state index in [0.717, 1.165) is 58.9 Å². The summed E-state index contributed by atoms with van der Waals surface area (Å²) in [5.74, 6) is 1.15. The largest absolute Gasteiger partial charge is 0.352 e. The number of hydrogen-bond acceptors (Lipinski definition) is 5. The molecule has 1 amide bonds. The van der Waals surface area contributed by atoms with Crippen LogP contribution < -0.4 is 10.2 Å². The summed E-state index contributed by atoms with van der Waals surface area (Å²) in [5.41, 5.74) is 5.84. The minimum absolute atomic E-state index is 0.0503. The van der Waals surface area contributed by atoms with Crippen LogP contribution in [-0.4, -0.2) is 39.0 Å². The molecule has 3 heterocycles. The van der Waals surface area contributed by atoms with Crippen LogP contribution in [0.5, 0.6) is 0 Å². The lowest BCUT2D eigenvalue weighted by Crippen LogP contribution is -2.41. The van der Waals surface area contributed by atoms with Crippen LogP contribution in [0.15, 0.2) is 54.6 Å². The molecule has 35 heavy (non-hydrogen) atoms. The molecule has 1 atom stereocenters. The summed E-state index contributed by atoms with van der Waals surface area (Å²) < 4.78 is 1.96. The monoisotopic (exact) mass is 468 g/mol. The molecular formula is C28H32N6O. The lowest BCUT2D eigenvalue weighted by atomic mass is 9.96. The molecule has 1 N–H and O–H groups in total. The van der Waals surface area contributed by atoms with E-state index in [1.807, 2.05) is 54.1 Å². The van der Waals surface area contributed by atoms with Crippen LogP contribution in [0.25, 0.3) is 16.6 Å². The predicted molar refractivity (Wildman–Crippen MR) is 140 cm³/mol. The molecule has 1 fully saturated rings. The maximum atomic E-state index is 13.1. The molecule has 0 bridgehead atoms. The lowest BCUT2D eigenvalue weighted by Gasteiger charge is -2.32. The summed E-state index contributed by atoms with van der Waals surface area (Å²) in [6.45, 7) is 9.80. The first-order valence-corrected chi connectivity index (χ1v) is 12.4. The van der Waals surface area contributed by atoms with Crippen molar-refractivity contribution in [3.63, 3.8) is 0 Å². The van der Waals surface area contributed by atoms with Gasteiger partial charge in [-0.05, 0) is 62.4 Å². The van der Waals surface area contributed by atoms with E-state index < -0.39 is 0 Å². The minimum Gasteiger partial charge on any atom is -0.352 e. The second-order valence-electron chi connectivity index (χ2n) is 9.72. The Labute approximate surface area is 206 Å². The van der Waals surface area contributed by atoms with E-state index in [-0.39, 0.29) is 11.8 Å². The number of anilines is 2. The number of para-hydroxylation sites is 1. The van der Waals surface area contributed by atoms with Crippen LogP contribution in [0, 0.1) is 19.8 Å². The summed E-state index contributed by atoms with van der Waals surface area (Å²) in [4.78, 5) is 15.3. The minimum atomic E-state index is -0.121. The van der Waals surface area contributed by atoms with Crippen LogP contribution in [0.1, 0.15) is 49.6 Å². The van der Waals surface area contributed by atoms with Gasteiger partial charge in [0.15, 0.2) is 5.82 Å². The van der Waals surface area contributed by atoms with Crippen molar-refractivity contribution < 1.29 is 4.79 Å². The number of piperidine rings is 1. The van der Waals surface area contributed by atoms with Crippen LogP contribution in [0.4, 0.5) is 11.5 Å². The van der Waals surface area contributed by atoms with Gasteiger partial charge in [-0.15, -0.1) is 5.10 Å². The molecule has 0 saturated carbocycles. The van der Waals surface area contributed by atoms with E-state index >= 15 is 0 Å². The topological polar surface area (TPSA) is 75.9 Å². The molecule has 1 saturated heterocycles. The van der Waals surface area contributed by atoms with Gasteiger partial charge in [-0.3, -0.25) is 4.79 Å². The fraction of sp³-hybridized carbons (Fsp3) is 0.357. The Kier molecular flexibility index (Phi) is 6.24. The molecule has 1 aliphatic heterocycles. The highest BCUT2D eigenvalue weighted by atomic mass is 16.1. The number of benzene rings is 2. The van der Waals surface area contributed by atoms with Gasteiger partial charge in [0.1, 0.15) is 5.52 Å². The third kappa shape index (κ3) is 4.50. The molecule has 7 heteroatoms. The zero-order valence-electron chi connectivity index (χ0n) is 20.8. The number of rotatable bonds is 5. The van der Waals surface area contributed by atoms with Gasteiger partial charge in [0.05, 0.1) is 28.4 Å². The van der Waals surface area contributed by atoms with Gasteiger partial charge in [-0.25, -0.2) is 4.68 Å². The molecule has 180 valence electrons. The fourth-order valence-electron chi connectivity index (χ4n) is 4.92. The van der Waals surface area contributed by atoms with Crippen molar-refractivity contribution in [3.05, 3.63) is 71.5 Å². The third-order valence-electron chi connectivity index (χ3n) is 6.92. The molecular weight excluding hydrogens is 436 g/mol. The number of aryl methyl sites for hydroxylation is 2. The Morgan fingerprint density at radius 2 is 1.77 bits per heavy atom. The number of carbonyl (C=O) groups excluding carboxylic acids is 1. The zero-order chi connectivity index (χ0) is 24.5. The smallest absolute Gasteiger partial charge is 0.229 e. The number of carbonyl (C=O) groups is 1. The van der Waals surface area contributed by atoms with Crippen LogP contribution >= 0.6 is 0 Å². The molecule has 2 aromatic carbocycles. The van der Waals surface area contributed by atoms with Gasteiger partial charge in [0.25, 0.3) is 0 Å². The molecule has 0 unspecified atom stereocenters. The summed E-state index contributed by atoms with van der Waals surface area (Å²) >= 11 is 0. The van der Waals surface area contributed by atoms with E-state index in [1.165, 1.54) is 5.56 Å². The van der Waals surface area contributed by atoms with Crippen molar-refractivity contribution in [2.75, 3.05) is 23.3 Å². The maximum absolute atomic E-state index is 13.1. The summed E-state index contributed by atoms with van der Waals surface area (Å²) in [7, 11) is 0. The highest BCUT2D eigenvalue weighted by molar-refractivity contribution is 5.94. The number of fused-ring (bicyclic) bond motifs is 1. The zero-order valence-corrected chi connectivity index (χ0v) is 20.8. The number of nitrogens with zero attached hydrogens (tertiary/aromatic N) is 5. The van der Waals surface area contributed by atoms with Crippen molar-refractivity contribution in [1.82, 2.24) is 20.0 Å². The van der Waals surface area contributed by atoms with Crippen molar-refractivity contribution >= 4 is 28.3 Å². The van der Waals surface area contributed by atoms with Crippen molar-refractivity contribution in [1.29, 1.82) is 0 Å². The van der Waals surface area contributed by atoms with E-state index in [1.54, 1.807) is 0 Å². The SMILES string of the molecule is Cc1nnc(N2CCC[C@H](C(=O)Nc3ccc(C(C)C)cc3)C2)c2nn(-c3ccccc3)c(C)c12. The number of nitrogens with one attached hydrogen (secondary N) is 1. The van der Waals surface area contributed by atoms with Crippen molar-refractivity contribution in [3.8, 4) is 5.69 Å². The Morgan fingerprint density at radius 1 is 1.03 bits per heavy atom. The molecule has 1 aliphatic rings. The van der Waals surface area contributed by atoms with Gasteiger partial charge in [-0.2, -0.15) is 10.2 Å². The molecule has 0 radical (unpaired) electrons. The average Bonchev–Trinajstić information content (AvgIpc) is 3.23. The van der Waals surface area contributed by atoms with Crippen molar-refractivity contribution in [2.45, 2.75) is 46.5 Å². The number of amides is 1. The fourth-order valence-corrected chi connectivity index (χ4v) is 4.92. The standard InChI is InChI=1S/C28H32N6O/c1-18(2)21-12-14-23(15-13-21)29-28(35)22-9-8-16-33(17-22)27-26-25(19(3)30-31-27)20(4)34(32-26)24-10-6-5-7-11-24/h5-7,10-15,18,22H,8-9,16-17H2,1-4H3,(H,29,35)/t22-/m0/s1. The Morgan fingerprint density at radius 3 is 2.49 bits per heavy atom. The van der Waals surface area contributed by atoms with Crippen LogP contribution in [-0.2, 0) is 4.79 Å². The molecule has 5 rings (SSSR count). The Balaban J connectivity index is 1.40. The molecule has 7 nitrogen and oxygen atoms in total. The van der Waals surface area contributed by atoms with Gasteiger partial charge in [0.2, 0.25) is 5.91 Å². The maximum Gasteiger partial charge on any atom is 0.229 e. The first-order valence-electron chi connectivity index (χ1n) is 12.4. The first kappa shape index (κ1) is 23.0. The molecule has 2 aromatic heterocycles. The first-order chi connectivity index (χ1) is 16.9. The highest BCUT2D eigenvalue weighted by Crippen LogP contribution is 2.32. The van der Waals surface area contributed by atoms with Gasteiger partial charge >= 0.3 is 0 Å². The van der Waals surface area contributed by atoms with E-state index in [4.69, 9.17) is 5.10 Å². The molecule has 4 aromatic rings. The quantitative estimate of drug-likeness (QED) is 0.424. The highest BCUT2D eigenvalue weighted by Gasteiger charge is 2.29. The summed E-state index contributed by atoms with van der Waals surface area (Å²) in [5, 5.41) is 18.1. The normalized spacial score (nSPS) is 16.1. The van der Waals surface area contributed by atoms with Gasteiger partial charge < -0.3 is 10.2 Å². The molecule has 0 aliphatic carbocycles. The second kappa shape index (κ2) is 9.49. The average molecular weight is 469 g/mol. The third-order valence-corrected chi connectivity index (χ3v) is 6.92. The van der Waals surface area contributed by atoms with Gasteiger partial charge in [-0.1, -0.05) is 44.2 Å². The summed E-state index contributed by atoms with van der Waals surface area (Å²) in [6.07, 6.45) is 1.77. The Hall–Kier alpha value is -3.74. The lowest BCUT2D eigenvalue weighted by molar-refractivity contribution is -0.120. The summed E-state index contributed by atoms with van der Waals surface area (Å²) in [6, 6.07) is 18.2. The molecule has 0 spiro atoms. The number of hydrogen-bond donors (Lipinski definition) is 1. The predicted octanol–water partition coefficient (Wildman–Crippen LogP) is 5.41. The number of aromatic nitrogens is 4. The van der Waals surface area contributed by atoms with Crippen molar-refractivity contribution in [2.24, 2.45) is 5.92 Å². The van der Waals surface area contributed by atoms with Gasteiger partial charge in [0, 0.05) is 18.8 Å². The van der Waals surface area contributed by atoms with E-state index in [0.29, 0.717) is 12.5 Å². The van der Waals surface area contributed by atoms with E-state index in [2.05, 4.69) is 53.3 Å². The van der Waals surface area contributed by atoms with E-state index in [9.17, 15) is 4.79 Å². The van der Waals surface area contributed by atoms with Crippen LogP contribution in [0.2, 0.25) is 0 Å². The van der Waals surface area contributed by atoms with Crippen LogP contribution in [0.3, 0.4) is 0 Å². The second-order valence-corrected chi connectivity index (χ2v) is 9.72. The Bertz CT molecular complexity index is 1340.